The lowest BCUT2D eigenvalue weighted by Crippen LogP contribution is -2.45. The number of amides is 1. The summed E-state index contributed by atoms with van der Waals surface area (Å²) >= 11 is 4.78. The van der Waals surface area contributed by atoms with Crippen LogP contribution in [0.1, 0.15) is 48.8 Å². The second-order valence-corrected chi connectivity index (χ2v) is 13.2. The Morgan fingerprint density at radius 3 is 2.49 bits per heavy atom. The molecule has 0 radical (unpaired) electrons. The van der Waals surface area contributed by atoms with Crippen molar-refractivity contribution in [1.82, 2.24) is 5.32 Å². The highest BCUT2D eigenvalue weighted by Crippen LogP contribution is 2.46. The number of para-hydroxylation sites is 1. The van der Waals surface area contributed by atoms with Crippen LogP contribution in [0.3, 0.4) is 0 Å². The highest BCUT2D eigenvalue weighted by molar-refractivity contribution is 9.10. The van der Waals surface area contributed by atoms with Gasteiger partial charge >= 0.3 is 11.9 Å². The van der Waals surface area contributed by atoms with E-state index < -0.39 is 23.6 Å². The van der Waals surface area contributed by atoms with Crippen LogP contribution in [0.15, 0.2) is 53.0 Å². The first-order chi connectivity index (χ1) is 20.5. The molecule has 43 heavy (non-hydrogen) atoms. The summed E-state index contributed by atoms with van der Waals surface area (Å²) in [5, 5.41) is 9.99. The van der Waals surface area contributed by atoms with Gasteiger partial charge in [-0.05, 0) is 105 Å². The van der Waals surface area contributed by atoms with Crippen LogP contribution in [0.5, 0.6) is 5.75 Å². The Morgan fingerprint density at radius 2 is 1.81 bits per heavy atom. The minimum absolute atomic E-state index is 0.0882. The molecule has 4 rings (SSSR count). The minimum Gasteiger partial charge on any atom is -0.479 e. The molecule has 1 aromatic heterocycles. The lowest BCUT2D eigenvalue weighted by Gasteiger charge is -2.31. The van der Waals surface area contributed by atoms with Crippen molar-refractivity contribution in [2.75, 3.05) is 37.4 Å². The van der Waals surface area contributed by atoms with E-state index in [1.807, 2.05) is 55.5 Å². The number of rotatable bonds is 10. The van der Waals surface area contributed by atoms with Crippen LogP contribution in [-0.4, -0.2) is 56.3 Å². The van der Waals surface area contributed by atoms with Gasteiger partial charge in [-0.15, -0.1) is 11.3 Å². The molecular weight excluding hydrogens is 634 g/mol. The van der Waals surface area contributed by atoms with Crippen LogP contribution in [0.2, 0.25) is 0 Å². The van der Waals surface area contributed by atoms with E-state index in [1.165, 1.54) is 18.4 Å². The SMILES string of the molecule is COC(=O)c1sc(-c2cccc(NC(C(=O)Nc3ccccc3C)C3CCNCC3)c2)c(Br)c1OCC(=O)OC(C)(C)C. The average Bonchev–Trinajstić information content (AvgIpc) is 3.31. The zero-order valence-electron chi connectivity index (χ0n) is 25.0. The Balaban J connectivity index is 1.61. The Labute approximate surface area is 264 Å². The van der Waals surface area contributed by atoms with Crippen LogP contribution >= 0.6 is 27.3 Å². The molecular formula is C32H38BrN3O6S. The molecule has 0 aliphatic carbocycles. The molecule has 1 saturated heterocycles. The Kier molecular flexibility index (Phi) is 10.9. The maximum atomic E-state index is 13.6. The van der Waals surface area contributed by atoms with Crippen molar-refractivity contribution >= 4 is 56.5 Å². The van der Waals surface area contributed by atoms with Crippen LogP contribution in [0, 0.1) is 12.8 Å². The molecule has 9 nitrogen and oxygen atoms in total. The lowest BCUT2D eigenvalue weighted by molar-refractivity contribution is -0.157. The zero-order chi connectivity index (χ0) is 31.1. The van der Waals surface area contributed by atoms with Gasteiger partial charge in [0, 0.05) is 11.4 Å². The van der Waals surface area contributed by atoms with Crippen molar-refractivity contribution in [2.24, 2.45) is 5.92 Å². The summed E-state index contributed by atoms with van der Waals surface area (Å²) in [4.78, 5) is 39.5. The van der Waals surface area contributed by atoms with Crippen molar-refractivity contribution in [3.05, 3.63) is 63.4 Å². The summed E-state index contributed by atoms with van der Waals surface area (Å²) in [5.41, 5.74) is 2.67. The van der Waals surface area contributed by atoms with Gasteiger partial charge in [0.25, 0.3) is 0 Å². The van der Waals surface area contributed by atoms with Gasteiger partial charge in [-0.25, -0.2) is 9.59 Å². The van der Waals surface area contributed by atoms with Crippen molar-refractivity contribution in [2.45, 2.75) is 52.2 Å². The fourth-order valence-corrected chi connectivity index (χ4v) is 6.84. The number of benzene rings is 2. The standard InChI is InChI=1S/C32H38BrN3O6S/c1-19-9-6-7-12-23(19)36-30(38)26(20-13-15-34-16-14-20)35-22-11-8-10-21(17-22)28-25(33)27(29(43-28)31(39)40-5)41-18-24(37)42-32(2,3)4/h6-12,17,20,26,34-35H,13-16,18H2,1-5H3,(H,36,38). The first kappa shape index (κ1) is 32.5. The van der Waals surface area contributed by atoms with Crippen LogP contribution in [0.4, 0.5) is 11.4 Å². The topological polar surface area (TPSA) is 115 Å². The molecule has 0 saturated carbocycles. The van der Waals surface area contributed by atoms with Crippen LogP contribution < -0.4 is 20.7 Å². The van der Waals surface area contributed by atoms with Crippen molar-refractivity contribution in [3.8, 4) is 16.2 Å². The van der Waals surface area contributed by atoms with E-state index in [2.05, 4.69) is 31.9 Å². The quantitative estimate of drug-likeness (QED) is 0.212. The van der Waals surface area contributed by atoms with Crippen molar-refractivity contribution in [3.63, 3.8) is 0 Å². The number of hydrogen-bond acceptors (Lipinski definition) is 9. The molecule has 3 N–H and O–H groups in total. The minimum atomic E-state index is -0.668. The number of hydrogen-bond donors (Lipinski definition) is 3. The Morgan fingerprint density at radius 1 is 1.09 bits per heavy atom. The molecule has 1 atom stereocenters. The van der Waals surface area contributed by atoms with Gasteiger partial charge in [-0.3, -0.25) is 4.79 Å². The highest BCUT2D eigenvalue weighted by atomic mass is 79.9. The molecule has 1 amide bonds. The third-order valence-corrected chi connectivity index (χ3v) is 9.14. The summed E-state index contributed by atoms with van der Waals surface area (Å²) in [6.45, 7) is 8.62. The van der Waals surface area contributed by atoms with E-state index in [4.69, 9.17) is 14.2 Å². The largest absolute Gasteiger partial charge is 0.479 e. The Hall–Kier alpha value is -3.41. The number of anilines is 2. The van der Waals surface area contributed by atoms with Gasteiger partial charge in [0.2, 0.25) is 5.91 Å². The van der Waals surface area contributed by atoms with E-state index in [9.17, 15) is 14.4 Å². The van der Waals surface area contributed by atoms with Gasteiger partial charge in [-0.1, -0.05) is 30.3 Å². The summed E-state index contributed by atoms with van der Waals surface area (Å²) in [7, 11) is 1.29. The number of halogens is 1. The molecule has 0 bridgehead atoms. The van der Waals surface area contributed by atoms with E-state index in [0.29, 0.717) is 9.35 Å². The molecule has 230 valence electrons. The first-order valence-corrected chi connectivity index (χ1v) is 15.8. The average molecular weight is 673 g/mol. The van der Waals surface area contributed by atoms with Gasteiger partial charge < -0.3 is 30.2 Å². The number of carbonyl (C=O) groups excluding carboxylic acids is 3. The number of aryl methyl sites for hydroxylation is 1. The second kappa shape index (κ2) is 14.4. The molecule has 0 spiro atoms. The predicted molar refractivity (Wildman–Crippen MR) is 173 cm³/mol. The molecule has 1 unspecified atom stereocenters. The van der Waals surface area contributed by atoms with Gasteiger partial charge in [0.1, 0.15) is 11.6 Å². The number of ether oxygens (including phenoxy) is 3. The van der Waals surface area contributed by atoms with Crippen LogP contribution in [0.25, 0.3) is 10.4 Å². The lowest BCUT2D eigenvalue weighted by atomic mass is 9.89. The van der Waals surface area contributed by atoms with E-state index in [-0.39, 0.29) is 29.1 Å². The first-order valence-electron chi connectivity index (χ1n) is 14.2. The molecule has 1 aliphatic rings. The third kappa shape index (κ3) is 8.58. The number of esters is 2. The maximum absolute atomic E-state index is 13.6. The van der Waals surface area contributed by atoms with E-state index in [0.717, 1.165) is 48.4 Å². The third-order valence-electron chi connectivity index (χ3n) is 6.92. The monoisotopic (exact) mass is 671 g/mol. The molecule has 11 heteroatoms. The van der Waals surface area contributed by atoms with Gasteiger partial charge in [-0.2, -0.15) is 0 Å². The normalized spacial score (nSPS) is 14.5. The van der Waals surface area contributed by atoms with Crippen molar-refractivity contribution in [1.29, 1.82) is 0 Å². The smallest absolute Gasteiger partial charge is 0.351 e. The number of piperidine rings is 1. The fraction of sp³-hybridized carbons (Fsp3) is 0.406. The predicted octanol–water partition coefficient (Wildman–Crippen LogP) is 6.41. The summed E-state index contributed by atoms with van der Waals surface area (Å²) in [6, 6.07) is 14.9. The van der Waals surface area contributed by atoms with Crippen molar-refractivity contribution < 1.29 is 28.6 Å². The summed E-state index contributed by atoms with van der Waals surface area (Å²) < 4.78 is 16.6. The number of nitrogens with one attached hydrogen (secondary N) is 3. The van der Waals surface area contributed by atoms with Gasteiger partial charge in [0.15, 0.2) is 17.2 Å². The van der Waals surface area contributed by atoms with E-state index in [1.54, 1.807) is 20.8 Å². The van der Waals surface area contributed by atoms with Crippen LogP contribution in [-0.2, 0) is 19.1 Å². The number of carbonyl (C=O) groups is 3. The summed E-state index contributed by atoms with van der Waals surface area (Å²) in [5.74, 6) is -0.872. The maximum Gasteiger partial charge on any atom is 0.351 e. The van der Waals surface area contributed by atoms with Gasteiger partial charge in [0.05, 0.1) is 16.5 Å². The number of thiophene rings is 1. The Bertz CT molecular complexity index is 1460. The molecule has 1 aliphatic heterocycles. The zero-order valence-corrected chi connectivity index (χ0v) is 27.4. The molecule has 3 aromatic rings. The highest BCUT2D eigenvalue weighted by Gasteiger charge is 2.31. The number of methoxy groups -OCH3 is 1. The molecule has 2 aromatic carbocycles. The second-order valence-electron chi connectivity index (χ2n) is 11.4. The molecule has 1 fully saturated rings. The molecule has 2 heterocycles. The summed E-state index contributed by atoms with van der Waals surface area (Å²) in [6.07, 6.45) is 1.74. The fourth-order valence-electron chi connectivity index (χ4n) is 4.87. The van der Waals surface area contributed by atoms with E-state index >= 15 is 0 Å².